The van der Waals surface area contributed by atoms with Crippen molar-refractivity contribution in [3.63, 3.8) is 0 Å². The molecule has 0 radical (unpaired) electrons. The van der Waals surface area contributed by atoms with Crippen molar-refractivity contribution in [2.75, 3.05) is 20.2 Å². The van der Waals surface area contributed by atoms with E-state index in [-0.39, 0.29) is 64.7 Å². The zero-order chi connectivity index (χ0) is 43.1. The minimum Gasteiger partial charge on any atom is -0.507 e. The standard InChI is InChI=1S/C43H56N2O13/c1-19-13-12-14-20(2)42(53)44-32-33(45-17-21(3)56-22(4)18-45)38(51)29-30(37(32)50)36(49)26(8)40-31(29)41(52)43(10,58-40)55-16-15-28(54-11)23(5)39(57-27(9)46)25(7)35(48)24(6)34(19)47/h12-16,19,21-25,28,34-35,39,47-49H,17-18H2,1-11H3,(H,44,53)/b13-12+,16-15+,20-14-/t19-,21-,22-,23+,24+,25-,28-,34-,35-,39+,43-/m0/s1. The van der Waals surface area contributed by atoms with Gasteiger partial charge in [0.25, 0.3) is 11.7 Å². The number of fused-ring (bicyclic) bond motifs is 14. The highest BCUT2D eigenvalue weighted by Crippen LogP contribution is 2.49. The van der Waals surface area contributed by atoms with Crippen LogP contribution in [0.2, 0.25) is 0 Å². The van der Waals surface area contributed by atoms with Gasteiger partial charge in [-0.1, -0.05) is 45.9 Å². The lowest BCUT2D eigenvalue weighted by atomic mass is 9.78. The molecular formula is C43H56N2O13. The number of methoxy groups -OCH3 is 1. The number of ether oxygens (including phenoxy) is 5. The molecule has 6 rings (SSSR count). The van der Waals surface area contributed by atoms with E-state index < -0.39 is 94.4 Å². The number of carbonyl (C=O) groups excluding carboxylic acids is 5. The number of hydrogen-bond donors (Lipinski definition) is 4. The summed E-state index contributed by atoms with van der Waals surface area (Å²) in [4.78, 5) is 71.6. The van der Waals surface area contributed by atoms with Gasteiger partial charge >= 0.3 is 11.8 Å². The number of phenols is 1. The number of esters is 1. The molecule has 15 heteroatoms. The molecule has 5 bridgehead atoms. The number of ketones is 3. The maximum atomic E-state index is 14.9. The Bertz CT molecular complexity index is 1970. The number of carbonyl (C=O) groups is 5. The van der Waals surface area contributed by atoms with Gasteiger partial charge in [-0.15, -0.1) is 0 Å². The Kier molecular flexibility index (Phi) is 13.1. The number of hydrogen-bond acceptors (Lipinski definition) is 14. The lowest BCUT2D eigenvalue weighted by Gasteiger charge is -2.39. The van der Waals surface area contributed by atoms with Gasteiger partial charge in [0.2, 0.25) is 11.6 Å². The van der Waals surface area contributed by atoms with Crippen molar-refractivity contribution in [3.8, 4) is 11.5 Å². The van der Waals surface area contributed by atoms with Gasteiger partial charge in [-0.3, -0.25) is 24.0 Å². The Balaban J connectivity index is 1.69. The third-order valence-electron chi connectivity index (χ3n) is 11.7. The molecule has 316 valence electrons. The fraction of sp³-hybridized carbons (Fsp3) is 0.558. The molecule has 0 saturated carbocycles. The summed E-state index contributed by atoms with van der Waals surface area (Å²) < 4.78 is 29.4. The number of morpholine rings is 1. The van der Waals surface area contributed by atoms with Crippen LogP contribution in [0.15, 0.2) is 47.5 Å². The van der Waals surface area contributed by atoms with Crippen LogP contribution in [-0.2, 0) is 28.5 Å². The molecule has 5 aliphatic rings. The summed E-state index contributed by atoms with van der Waals surface area (Å²) in [5, 5.41) is 37.0. The van der Waals surface area contributed by atoms with E-state index in [1.807, 2.05) is 0 Å². The highest BCUT2D eigenvalue weighted by Gasteiger charge is 2.53. The van der Waals surface area contributed by atoms with Crippen LogP contribution in [0, 0.1) is 30.6 Å². The maximum Gasteiger partial charge on any atom is 0.312 e. The molecule has 4 N–H and O–H groups in total. The van der Waals surface area contributed by atoms with E-state index in [0.29, 0.717) is 0 Å². The Morgan fingerprint density at radius 1 is 0.897 bits per heavy atom. The highest BCUT2D eigenvalue weighted by atomic mass is 16.7. The molecule has 58 heavy (non-hydrogen) atoms. The second-order valence-electron chi connectivity index (χ2n) is 16.2. The fourth-order valence-electron chi connectivity index (χ4n) is 8.34. The fourth-order valence-corrected chi connectivity index (χ4v) is 8.34. The van der Waals surface area contributed by atoms with Crippen molar-refractivity contribution < 1.29 is 63.0 Å². The summed E-state index contributed by atoms with van der Waals surface area (Å²) in [6, 6.07) is 0. The number of rotatable bonds is 3. The minimum atomic E-state index is -2.08. The first-order valence-corrected chi connectivity index (χ1v) is 19.6. The summed E-state index contributed by atoms with van der Waals surface area (Å²) in [5.41, 5.74) is -1.50. The summed E-state index contributed by atoms with van der Waals surface area (Å²) in [6.07, 6.45) is 2.69. The smallest absolute Gasteiger partial charge is 0.312 e. The van der Waals surface area contributed by atoms with Crippen molar-refractivity contribution in [2.24, 2.45) is 23.7 Å². The monoisotopic (exact) mass is 808 g/mol. The number of nitrogens with zero attached hydrogens (tertiary/aromatic N) is 1. The molecule has 1 amide bonds. The molecule has 0 aromatic heterocycles. The van der Waals surface area contributed by atoms with Gasteiger partial charge in [-0.2, -0.15) is 0 Å². The molecule has 1 fully saturated rings. The van der Waals surface area contributed by atoms with E-state index in [4.69, 9.17) is 23.7 Å². The first-order chi connectivity index (χ1) is 27.1. The van der Waals surface area contributed by atoms with E-state index in [1.54, 1.807) is 58.6 Å². The maximum absolute atomic E-state index is 14.9. The van der Waals surface area contributed by atoms with Crippen LogP contribution in [0.25, 0.3) is 0 Å². The number of aromatic hydroxyl groups is 1. The zero-order valence-electron chi connectivity index (χ0n) is 34.9. The Morgan fingerprint density at radius 2 is 1.53 bits per heavy atom. The van der Waals surface area contributed by atoms with Gasteiger partial charge < -0.3 is 49.2 Å². The number of aliphatic hydroxyl groups excluding tert-OH is 2. The van der Waals surface area contributed by atoms with Crippen LogP contribution in [-0.4, -0.2) is 112 Å². The first kappa shape index (κ1) is 44.3. The predicted octanol–water partition coefficient (Wildman–Crippen LogP) is 4.07. The molecule has 4 aliphatic heterocycles. The molecule has 4 heterocycles. The number of nitrogens with one attached hydrogen (secondary N) is 1. The van der Waals surface area contributed by atoms with Crippen LogP contribution in [0.1, 0.15) is 99.0 Å². The second-order valence-corrected chi connectivity index (χ2v) is 16.2. The lowest BCUT2D eigenvalue weighted by molar-refractivity contribution is -0.160. The largest absolute Gasteiger partial charge is 0.507 e. The number of allylic oxidation sites excluding steroid dienone is 4. The van der Waals surface area contributed by atoms with Crippen molar-refractivity contribution in [2.45, 2.75) is 112 Å². The van der Waals surface area contributed by atoms with E-state index in [2.05, 4.69) is 5.32 Å². The van der Waals surface area contributed by atoms with E-state index in [0.717, 1.165) is 0 Å². The summed E-state index contributed by atoms with van der Waals surface area (Å²) >= 11 is 0. The average molecular weight is 809 g/mol. The third-order valence-corrected chi connectivity index (χ3v) is 11.7. The zero-order valence-corrected chi connectivity index (χ0v) is 34.9. The van der Waals surface area contributed by atoms with Gasteiger partial charge in [0.15, 0.2) is 0 Å². The Hall–Kier alpha value is -4.83. The van der Waals surface area contributed by atoms with Gasteiger partial charge in [0.1, 0.15) is 29.0 Å². The normalized spacial score (nSPS) is 35.7. The molecular weight excluding hydrogens is 752 g/mol. The van der Waals surface area contributed by atoms with E-state index in [9.17, 15) is 39.3 Å². The highest BCUT2D eigenvalue weighted by molar-refractivity contribution is 6.32. The second kappa shape index (κ2) is 17.2. The SMILES string of the molecule is CO[C@H]1/C=C/O[C@@]2(C)Oc3c(C)c(O)c4c(c3C2=O)C(=O)C(N2C[C@H](C)O[C@@H](C)C2)=C(NC(=O)/C(C)=C\C=C\[C@H](C)[C@H](O)[C@@H](C)[C@H](O)[C@H](C)[C@H](OC(C)=O)[C@@H]1C)C4=O. The third kappa shape index (κ3) is 8.22. The minimum absolute atomic E-state index is 0.000252. The van der Waals surface area contributed by atoms with Gasteiger partial charge in [-0.05, 0) is 33.8 Å². The summed E-state index contributed by atoms with van der Waals surface area (Å²) in [7, 11) is 1.43. The molecule has 1 aromatic carbocycles. The number of phenolic OH excluding ortho intramolecular Hbond substituents is 1. The topological polar surface area (TPSA) is 207 Å². The lowest BCUT2D eigenvalue weighted by Crippen LogP contribution is -2.49. The van der Waals surface area contributed by atoms with Crippen LogP contribution in [0.4, 0.5) is 0 Å². The first-order valence-electron chi connectivity index (χ1n) is 19.6. The van der Waals surface area contributed by atoms with Crippen molar-refractivity contribution in [3.05, 3.63) is 69.8 Å². The summed E-state index contributed by atoms with van der Waals surface area (Å²) in [6.45, 7) is 16.4. The van der Waals surface area contributed by atoms with Crippen LogP contribution >= 0.6 is 0 Å². The molecule has 0 unspecified atom stereocenters. The Labute approximate surface area is 338 Å². The van der Waals surface area contributed by atoms with Gasteiger partial charge in [0.05, 0.1) is 53.5 Å². The van der Waals surface area contributed by atoms with Gasteiger partial charge in [0, 0.05) is 68.9 Å². The summed E-state index contributed by atoms with van der Waals surface area (Å²) in [5.74, 6) is -9.14. The molecule has 0 spiro atoms. The molecule has 1 aromatic rings. The predicted molar refractivity (Wildman–Crippen MR) is 210 cm³/mol. The van der Waals surface area contributed by atoms with Crippen LogP contribution in [0.5, 0.6) is 11.5 Å². The van der Waals surface area contributed by atoms with Crippen molar-refractivity contribution in [1.29, 1.82) is 0 Å². The molecule has 11 atom stereocenters. The van der Waals surface area contributed by atoms with E-state index >= 15 is 0 Å². The number of amides is 1. The number of benzene rings is 1. The van der Waals surface area contributed by atoms with Crippen LogP contribution in [0.3, 0.4) is 0 Å². The number of Topliss-reactive ketones (excluding diaryl/α,β-unsaturated/α-hetero) is 3. The quantitative estimate of drug-likeness (QED) is 0.318. The Morgan fingerprint density at radius 3 is 2.14 bits per heavy atom. The van der Waals surface area contributed by atoms with Crippen molar-refractivity contribution >= 4 is 29.2 Å². The molecule has 15 nitrogen and oxygen atoms in total. The van der Waals surface area contributed by atoms with Crippen molar-refractivity contribution in [1.82, 2.24) is 10.2 Å². The van der Waals surface area contributed by atoms with Gasteiger partial charge in [-0.25, -0.2) is 0 Å². The molecule has 1 aliphatic carbocycles. The number of aliphatic hydroxyl groups is 2. The van der Waals surface area contributed by atoms with Crippen LogP contribution < -0.4 is 10.1 Å². The average Bonchev–Trinajstić information content (AvgIpc) is 3.42. The van der Waals surface area contributed by atoms with E-state index in [1.165, 1.54) is 53.2 Å². The molecule has 1 saturated heterocycles.